The number of aromatic amines is 1. The van der Waals surface area contributed by atoms with Gasteiger partial charge in [0, 0.05) is 12.7 Å². The Balaban J connectivity index is 1.49. The highest BCUT2D eigenvalue weighted by Gasteiger charge is 2.11. The number of benzene rings is 2. The van der Waals surface area contributed by atoms with Crippen molar-refractivity contribution in [3.8, 4) is 0 Å². The number of anilines is 1. The molecular weight excluding hydrogens is 362 g/mol. The number of amides is 1. The number of imidazole rings is 1. The van der Waals surface area contributed by atoms with Crippen LogP contribution in [0.25, 0.3) is 21.9 Å². The third kappa shape index (κ3) is 3.43. The Morgan fingerprint density at radius 1 is 1.19 bits per heavy atom. The highest BCUT2D eigenvalue weighted by Crippen LogP contribution is 2.19. The van der Waals surface area contributed by atoms with Gasteiger partial charge in [-0.15, -0.1) is 0 Å². The van der Waals surface area contributed by atoms with E-state index in [0.717, 1.165) is 16.9 Å². The zero-order chi connectivity index (χ0) is 19.0. The molecule has 4 rings (SSSR count). The van der Waals surface area contributed by atoms with Gasteiger partial charge in [0.1, 0.15) is 5.82 Å². The smallest absolute Gasteiger partial charge is 0.261 e. The van der Waals surface area contributed by atoms with Crippen molar-refractivity contribution in [3.63, 3.8) is 0 Å². The molecule has 0 saturated heterocycles. The topological polar surface area (TPSA) is 92.7 Å². The summed E-state index contributed by atoms with van der Waals surface area (Å²) in [6.45, 7) is 1.88. The van der Waals surface area contributed by atoms with Crippen molar-refractivity contribution in [3.05, 3.63) is 58.6 Å². The molecule has 7 nitrogen and oxygen atoms in total. The van der Waals surface area contributed by atoms with Crippen LogP contribution in [0.4, 0.5) is 5.69 Å². The molecule has 0 fully saturated rings. The Kier molecular flexibility index (Phi) is 4.41. The lowest BCUT2D eigenvalue weighted by molar-refractivity contribution is -0.113. The molecule has 1 amide bonds. The first-order valence-corrected chi connectivity index (χ1v) is 9.34. The van der Waals surface area contributed by atoms with Crippen molar-refractivity contribution in [1.29, 1.82) is 0 Å². The lowest BCUT2D eigenvalue weighted by atomic mass is 10.2. The van der Waals surface area contributed by atoms with Gasteiger partial charge in [-0.2, -0.15) is 0 Å². The second-order valence-electron chi connectivity index (χ2n) is 6.17. The number of carbonyl (C=O) groups is 1. The van der Waals surface area contributed by atoms with Crippen LogP contribution in [0.5, 0.6) is 0 Å². The number of nitrogens with zero attached hydrogens (tertiary/aromatic N) is 3. The molecule has 0 atom stereocenters. The normalized spacial score (nSPS) is 11.2. The van der Waals surface area contributed by atoms with E-state index in [1.807, 2.05) is 37.3 Å². The SMILES string of the molecule is Cc1nc2ccc(NC(=O)CSc3nc4ccccc4c(=O)n3C)cc2[nH]1. The summed E-state index contributed by atoms with van der Waals surface area (Å²) in [5.41, 5.74) is 2.93. The summed E-state index contributed by atoms with van der Waals surface area (Å²) in [5.74, 6) is 0.809. The molecule has 0 unspecified atom stereocenters. The van der Waals surface area contributed by atoms with E-state index in [9.17, 15) is 9.59 Å². The Bertz CT molecular complexity index is 1230. The third-order valence-electron chi connectivity index (χ3n) is 4.16. The second-order valence-corrected chi connectivity index (χ2v) is 7.11. The molecule has 0 aliphatic heterocycles. The average Bonchev–Trinajstić information content (AvgIpc) is 3.03. The Morgan fingerprint density at radius 2 is 2.00 bits per heavy atom. The lowest BCUT2D eigenvalue weighted by Gasteiger charge is -2.09. The fourth-order valence-electron chi connectivity index (χ4n) is 2.87. The number of hydrogen-bond acceptors (Lipinski definition) is 5. The monoisotopic (exact) mass is 379 g/mol. The van der Waals surface area contributed by atoms with Crippen LogP contribution >= 0.6 is 11.8 Å². The molecule has 2 N–H and O–H groups in total. The molecule has 2 aromatic carbocycles. The summed E-state index contributed by atoms with van der Waals surface area (Å²) in [4.78, 5) is 36.7. The molecular formula is C19H17N5O2S. The first-order chi connectivity index (χ1) is 13.0. The minimum atomic E-state index is -0.169. The Hall–Kier alpha value is -3.13. The van der Waals surface area contributed by atoms with Crippen LogP contribution < -0.4 is 10.9 Å². The molecule has 0 radical (unpaired) electrons. The number of carbonyl (C=O) groups excluding carboxylic acids is 1. The number of aryl methyl sites for hydroxylation is 1. The highest BCUT2D eigenvalue weighted by molar-refractivity contribution is 7.99. The van der Waals surface area contributed by atoms with E-state index in [1.54, 1.807) is 19.2 Å². The molecule has 0 saturated carbocycles. The van der Waals surface area contributed by atoms with Gasteiger partial charge in [0.15, 0.2) is 5.16 Å². The van der Waals surface area contributed by atoms with Gasteiger partial charge in [-0.3, -0.25) is 14.2 Å². The van der Waals surface area contributed by atoms with Gasteiger partial charge in [0.25, 0.3) is 5.56 Å². The van der Waals surface area contributed by atoms with E-state index < -0.39 is 0 Å². The maximum Gasteiger partial charge on any atom is 0.261 e. The van der Waals surface area contributed by atoms with Crippen molar-refractivity contribution in [1.82, 2.24) is 19.5 Å². The van der Waals surface area contributed by atoms with Crippen molar-refractivity contribution >= 4 is 45.3 Å². The molecule has 0 bridgehead atoms. The number of hydrogen-bond donors (Lipinski definition) is 2. The quantitative estimate of drug-likeness (QED) is 0.420. The first kappa shape index (κ1) is 17.3. The van der Waals surface area contributed by atoms with Gasteiger partial charge in [0.2, 0.25) is 5.91 Å². The van der Waals surface area contributed by atoms with Crippen molar-refractivity contribution in [2.75, 3.05) is 11.1 Å². The molecule has 0 spiro atoms. The predicted molar refractivity (Wildman–Crippen MR) is 107 cm³/mol. The van der Waals surface area contributed by atoms with Crippen molar-refractivity contribution in [2.24, 2.45) is 7.05 Å². The number of thioether (sulfide) groups is 1. The van der Waals surface area contributed by atoms with Crippen LogP contribution in [-0.4, -0.2) is 31.2 Å². The number of rotatable bonds is 4. The van der Waals surface area contributed by atoms with Gasteiger partial charge in [-0.1, -0.05) is 23.9 Å². The highest BCUT2D eigenvalue weighted by atomic mass is 32.2. The van der Waals surface area contributed by atoms with E-state index in [4.69, 9.17) is 0 Å². The second kappa shape index (κ2) is 6.88. The van der Waals surface area contributed by atoms with Crippen LogP contribution in [0.1, 0.15) is 5.82 Å². The average molecular weight is 379 g/mol. The summed E-state index contributed by atoms with van der Waals surface area (Å²) >= 11 is 1.23. The minimum Gasteiger partial charge on any atom is -0.342 e. The molecule has 0 aliphatic rings. The zero-order valence-electron chi connectivity index (χ0n) is 14.8. The minimum absolute atomic E-state index is 0.122. The molecule has 136 valence electrons. The lowest BCUT2D eigenvalue weighted by Crippen LogP contribution is -2.21. The predicted octanol–water partition coefficient (Wildman–Crippen LogP) is 2.85. The molecule has 4 aromatic rings. The molecule has 0 aliphatic carbocycles. The molecule has 2 heterocycles. The fourth-order valence-corrected chi connectivity index (χ4v) is 3.64. The largest absolute Gasteiger partial charge is 0.342 e. The van der Waals surface area contributed by atoms with Gasteiger partial charge in [0.05, 0.1) is 27.7 Å². The summed E-state index contributed by atoms with van der Waals surface area (Å²) in [6, 6.07) is 12.7. The van der Waals surface area contributed by atoms with E-state index >= 15 is 0 Å². The third-order valence-corrected chi connectivity index (χ3v) is 5.19. The van der Waals surface area contributed by atoms with E-state index in [-0.39, 0.29) is 17.2 Å². The number of nitrogens with one attached hydrogen (secondary N) is 2. The van der Waals surface area contributed by atoms with E-state index in [0.29, 0.717) is 21.7 Å². The van der Waals surface area contributed by atoms with Gasteiger partial charge in [-0.05, 0) is 37.3 Å². The standard InChI is InChI=1S/C19H17N5O2S/c1-11-20-15-8-7-12(9-16(15)21-11)22-17(25)10-27-19-23-14-6-4-3-5-13(14)18(26)24(19)2/h3-9H,10H2,1-2H3,(H,20,21)(H,22,25). The molecule has 2 aromatic heterocycles. The number of fused-ring (bicyclic) bond motifs is 2. The van der Waals surface area contributed by atoms with Gasteiger partial charge < -0.3 is 10.3 Å². The van der Waals surface area contributed by atoms with Crippen LogP contribution in [0, 0.1) is 6.92 Å². The summed E-state index contributed by atoms with van der Waals surface area (Å²) < 4.78 is 1.47. The van der Waals surface area contributed by atoms with Gasteiger partial charge in [-0.25, -0.2) is 9.97 Å². The number of aromatic nitrogens is 4. The van der Waals surface area contributed by atoms with Crippen LogP contribution in [0.3, 0.4) is 0 Å². The maximum atomic E-state index is 12.4. The Labute approximate surface area is 158 Å². The van der Waals surface area contributed by atoms with Crippen LogP contribution in [0.2, 0.25) is 0 Å². The maximum absolute atomic E-state index is 12.4. The molecule has 27 heavy (non-hydrogen) atoms. The summed E-state index contributed by atoms with van der Waals surface area (Å²) in [7, 11) is 1.66. The summed E-state index contributed by atoms with van der Waals surface area (Å²) in [5, 5.41) is 3.94. The molecule has 8 heteroatoms. The van der Waals surface area contributed by atoms with Crippen molar-refractivity contribution < 1.29 is 4.79 Å². The zero-order valence-corrected chi connectivity index (χ0v) is 15.6. The first-order valence-electron chi connectivity index (χ1n) is 8.36. The number of para-hydroxylation sites is 1. The number of H-pyrrole nitrogens is 1. The fraction of sp³-hybridized carbons (Fsp3) is 0.158. The summed E-state index contributed by atoms with van der Waals surface area (Å²) in [6.07, 6.45) is 0. The van der Waals surface area contributed by atoms with E-state index in [1.165, 1.54) is 16.3 Å². The van der Waals surface area contributed by atoms with Crippen LogP contribution in [-0.2, 0) is 11.8 Å². The van der Waals surface area contributed by atoms with E-state index in [2.05, 4.69) is 20.3 Å². The van der Waals surface area contributed by atoms with Crippen LogP contribution in [0.15, 0.2) is 52.4 Å². The Morgan fingerprint density at radius 3 is 2.85 bits per heavy atom. The van der Waals surface area contributed by atoms with Crippen molar-refractivity contribution in [2.45, 2.75) is 12.1 Å². The van der Waals surface area contributed by atoms with Gasteiger partial charge >= 0.3 is 0 Å².